The van der Waals surface area contributed by atoms with Crippen molar-refractivity contribution in [1.82, 2.24) is 0 Å². The van der Waals surface area contributed by atoms with E-state index in [1.165, 1.54) is 0 Å². The third-order valence-corrected chi connectivity index (χ3v) is 2.89. The summed E-state index contributed by atoms with van der Waals surface area (Å²) < 4.78 is 5.51. The van der Waals surface area contributed by atoms with Gasteiger partial charge in [0, 0.05) is 0 Å². The van der Waals surface area contributed by atoms with Gasteiger partial charge >= 0.3 is 0 Å². The van der Waals surface area contributed by atoms with E-state index in [0.717, 1.165) is 5.56 Å². The Morgan fingerprint density at radius 2 is 1.82 bits per heavy atom. The Morgan fingerprint density at radius 1 is 1.12 bits per heavy atom. The molecule has 3 N–H and O–H groups in total. The molecule has 92 valence electrons. The van der Waals surface area contributed by atoms with Crippen LogP contribution in [0.25, 0.3) is 0 Å². The van der Waals surface area contributed by atoms with Crippen molar-refractivity contribution >= 4 is 0 Å². The molecular weight excluding hydrogens is 220 g/mol. The fourth-order valence-corrected chi connectivity index (χ4v) is 1.87. The molecule has 0 aliphatic heterocycles. The van der Waals surface area contributed by atoms with Gasteiger partial charge in [-0.05, 0) is 17.2 Å². The van der Waals surface area contributed by atoms with Crippen molar-refractivity contribution in [3.8, 4) is 0 Å². The Hall–Kier alpha value is -1.20. The predicted molar refractivity (Wildman–Crippen MR) is 62.2 cm³/mol. The molecule has 0 saturated carbocycles. The monoisotopic (exact) mass is 236 g/mol. The lowest BCUT2D eigenvalue weighted by atomic mass is 10.1. The first-order valence-electron chi connectivity index (χ1n) is 5.55. The minimum absolute atomic E-state index is 0.260. The molecule has 0 bridgehead atoms. The molecule has 1 aliphatic carbocycles. The van der Waals surface area contributed by atoms with Crippen LogP contribution in [0.4, 0.5) is 0 Å². The average Bonchev–Trinajstić information content (AvgIpc) is 2.65. The van der Waals surface area contributed by atoms with Gasteiger partial charge in [-0.3, -0.25) is 0 Å². The second-order valence-electron chi connectivity index (χ2n) is 4.10. The summed E-state index contributed by atoms with van der Waals surface area (Å²) in [5, 5.41) is 28.2. The lowest BCUT2D eigenvalue weighted by molar-refractivity contribution is -0.0519. The zero-order valence-electron chi connectivity index (χ0n) is 9.36. The largest absolute Gasteiger partial charge is 0.392 e. The quantitative estimate of drug-likeness (QED) is 0.654. The molecule has 1 aromatic rings. The Bertz CT molecular complexity index is 388. The van der Waals surface area contributed by atoms with Gasteiger partial charge < -0.3 is 20.1 Å². The van der Waals surface area contributed by atoms with Crippen molar-refractivity contribution in [2.45, 2.75) is 24.9 Å². The fourth-order valence-electron chi connectivity index (χ4n) is 1.87. The van der Waals surface area contributed by atoms with Gasteiger partial charge in [0.15, 0.2) is 0 Å². The van der Waals surface area contributed by atoms with E-state index in [1.54, 1.807) is 6.08 Å². The third kappa shape index (κ3) is 2.73. The molecule has 0 spiro atoms. The van der Waals surface area contributed by atoms with Gasteiger partial charge in [-0.2, -0.15) is 0 Å². The van der Waals surface area contributed by atoms with Crippen LogP contribution in [0.2, 0.25) is 0 Å². The third-order valence-electron chi connectivity index (χ3n) is 2.89. The maximum Gasteiger partial charge on any atom is 0.114 e. The first-order chi connectivity index (χ1) is 8.22. The number of aliphatic hydroxyl groups is 3. The second kappa shape index (κ2) is 5.42. The predicted octanol–water partition coefficient (Wildman–Crippen LogP) is 0.226. The number of benzene rings is 1. The van der Waals surface area contributed by atoms with Gasteiger partial charge in [-0.25, -0.2) is 0 Å². The van der Waals surface area contributed by atoms with Crippen LogP contribution in [0.1, 0.15) is 5.56 Å². The fraction of sp³-hybridized carbons (Fsp3) is 0.385. The van der Waals surface area contributed by atoms with Crippen LogP contribution < -0.4 is 0 Å². The van der Waals surface area contributed by atoms with Crippen LogP contribution in [0.5, 0.6) is 0 Å². The molecule has 0 aromatic heterocycles. The van der Waals surface area contributed by atoms with E-state index in [4.69, 9.17) is 9.84 Å². The zero-order chi connectivity index (χ0) is 12.3. The van der Waals surface area contributed by atoms with E-state index in [0.29, 0.717) is 12.2 Å². The molecule has 1 aromatic carbocycles. The smallest absolute Gasteiger partial charge is 0.114 e. The van der Waals surface area contributed by atoms with Crippen LogP contribution in [0, 0.1) is 0 Å². The molecule has 17 heavy (non-hydrogen) atoms. The van der Waals surface area contributed by atoms with E-state index in [-0.39, 0.29) is 6.61 Å². The summed E-state index contributed by atoms with van der Waals surface area (Å²) in [6.45, 7) is 0.105. The molecule has 0 radical (unpaired) electrons. The molecule has 3 atom stereocenters. The molecule has 0 heterocycles. The topological polar surface area (TPSA) is 69.9 Å². The molecule has 0 fully saturated rings. The highest BCUT2D eigenvalue weighted by Gasteiger charge is 2.34. The lowest BCUT2D eigenvalue weighted by Gasteiger charge is -2.17. The minimum Gasteiger partial charge on any atom is -0.392 e. The maximum atomic E-state index is 9.70. The van der Waals surface area contributed by atoms with Gasteiger partial charge in [0.2, 0.25) is 0 Å². The lowest BCUT2D eigenvalue weighted by Crippen LogP contribution is -2.33. The minimum atomic E-state index is -1.03. The van der Waals surface area contributed by atoms with E-state index in [2.05, 4.69) is 0 Å². The molecule has 1 aliphatic rings. The normalized spacial score (nSPS) is 28.2. The first-order valence-corrected chi connectivity index (χ1v) is 5.55. The van der Waals surface area contributed by atoms with E-state index in [1.807, 2.05) is 30.3 Å². The summed E-state index contributed by atoms with van der Waals surface area (Å²) in [4.78, 5) is 0. The summed E-state index contributed by atoms with van der Waals surface area (Å²) >= 11 is 0. The van der Waals surface area contributed by atoms with Gasteiger partial charge in [-0.15, -0.1) is 0 Å². The molecule has 2 unspecified atom stereocenters. The van der Waals surface area contributed by atoms with Crippen LogP contribution in [0.15, 0.2) is 42.0 Å². The van der Waals surface area contributed by atoms with Crippen molar-refractivity contribution in [2.24, 2.45) is 0 Å². The molecule has 4 heteroatoms. The standard InChI is InChI=1S/C13H16O4/c14-7-10-6-11(13(16)12(10)15)17-8-9-4-2-1-3-5-9/h1-6,11-16H,7-8H2/t11-,12?,13?/m0/s1. The van der Waals surface area contributed by atoms with Gasteiger partial charge in [0.05, 0.1) is 13.2 Å². The van der Waals surface area contributed by atoms with Gasteiger partial charge in [-0.1, -0.05) is 30.3 Å². The number of hydrogen-bond donors (Lipinski definition) is 3. The van der Waals surface area contributed by atoms with Gasteiger partial charge in [0.25, 0.3) is 0 Å². The van der Waals surface area contributed by atoms with E-state index in [9.17, 15) is 10.2 Å². The second-order valence-corrected chi connectivity index (χ2v) is 4.10. The van der Waals surface area contributed by atoms with E-state index >= 15 is 0 Å². The average molecular weight is 236 g/mol. The van der Waals surface area contributed by atoms with Crippen LogP contribution in [-0.2, 0) is 11.3 Å². The Kier molecular flexibility index (Phi) is 3.91. The van der Waals surface area contributed by atoms with Crippen molar-refractivity contribution < 1.29 is 20.1 Å². The molecule has 0 amide bonds. The first kappa shape index (κ1) is 12.3. The van der Waals surface area contributed by atoms with Crippen LogP contribution in [0.3, 0.4) is 0 Å². The van der Waals surface area contributed by atoms with Crippen molar-refractivity contribution in [1.29, 1.82) is 0 Å². The number of rotatable bonds is 4. The maximum absolute atomic E-state index is 9.70. The Labute approximate surface area is 99.8 Å². The molecular formula is C13H16O4. The van der Waals surface area contributed by atoms with Gasteiger partial charge in [0.1, 0.15) is 18.3 Å². The van der Waals surface area contributed by atoms with Crippen LogP contribution in [-0.4, -0.2) is 40.2 Å². The highest BCUT2D eigenvalue weighted by Crippen LogP contribution is 2.23. The summed E-state index contributed by atoms with van der Waals surface area (Å²) in [6, 6.07) is 9.59. The van der Waals surface area contributed by atoms with Crippen molar-refractivity contribution in [2.75, 3.05) is 6.61 Å². The number of hydrogen-bond acceptors (Lipinski definition) is 4. The summed E-state index contributed by atoms with van der Waals surface area (Å²) in [5.41, 5.74) is 1.41. The highest BCUT2D eigenvalue weighted by atomic mass is 16.5. The molecule has 2 rings (SSSR count). The zero-order valence-corrected chi connectivity index (χ0v) is 9.36. The number of ether oxygens (including phenoxy) is 1. The number of aliphatic hydroxyl groups excluding tert-OH is 3. The molecule has 0 saturated heterocycles. The summed E-state index contributed by atoms with van der Waals surface area (Å²) in [7, 11) is 0. The van der Waals surface area contributed by atoms with Crippen LogP contribution >= 0.6 is 0 Å². The summed E-state index contributed by atoms with van der Waals surface area (Å²) in [6.07, 6.45) is -1.01. The van der Waals surface area contributed by atoms with Crippen molar-refractivity contribution in [3.63, 3.8) is 0 Å². The Morgan fingerprint density at radius 3 is 2.41 bits per heavy atom. The summed E-state index contributed by atoms with van der Waals surface area (Å²) in [5.74, 6) is 0. The molecule has 4 nitrogen and oxygen atoms in total. The van der Waals surface area contributed by atoms with E-state index < -0.39 is 18.3 Å². The highest BCUT2D eigenvalue weighted by molar-refractivity contribution is 5.22. The van der Waals surface area contributed by atoms with Crippen molar-refractivity contribution in [3.05, 3.63) is 47.5 Å². The Balaban J connectivity index is 1.94. The SMILES string of the molecule is OCC1=C[C@H](OCc2ccccc2)C(O)C1O.